The molecule has 0 atom stereocenters. The first-order valence-electron chi connectivity index (χ1n) is 14.8. The third-order valence-electron chi connectivity index (χ3n) is 8.75. The molecule has 10 nitrogen and oxygen atoms in total. The highest BCUT2D eigenvalue weighted by molar-refractivity contribution is 6.41. The summed E-state index contributed by atoms with van der Waals surface area (Å²) in [6.07, 6.45) is 3.66. The lowest BCUT2D eigenvalue weighted by Crippen LogP contribution is -2.41. The molecule has 0 fully saturated rings. The maximum absolute atomic E-state index is 13.7. The third-order valence-corrected chi connectivity index (χ3v) is 8.75. The maximum Gasteiger partial charge on any atom is 0.305 e. The molecule has 7 rings (SSSR count). The zero-order valence-electron chi connectivity index (χ0n) is 23.9. The van der Waals surface area contributed by atoms with Crippen molar-refractivity contribution in [2.45, 2.75) is 38.5 Å². The van der Waals surface area contributed by atoms with Gasteiger partial charge in [0, 0.05) is 46.0 Å². The van der Waals surface area contributed by atoms with Gasteiger partial charge in [0.2, 0.25) is 0 Å². The predicted molar refractivity (Wildman–Crippen MR) is 164 cm³/mol. The Morgan fingerprint density at radius 2 is 1.11 bits per heavy atom. The zero-order chi connectivity index (χ0) is 30.5. The molecule has 2 aliphatic rings. The number of benzene rings is 5. The van der Waals surface area contributed by atoms with Crippen LogP contribution < -0.4 is 11.2 Å². The van der Waals surface area contributed by atoms with E-state index in [9.17, 15) is 24.0 Å². The summed E-state index contributed by atoms with van der Waals surface area (Å²) in [5.74, 6) is 3.15. The number of carbonyl (C=O) groups excluding carboxylic acids is 5. The van der Waals surface area contributed by atoms with Gasteiger partial charge in [-0.25, -0.2) is 5.90 Å². The molecule has 4 amide bonds. The van der Waals surface area contributed by atoms with Gasteiger partial charge in [0.05, 0.1) is 13.2 Å². The second-order valence-corrected chi connectivity index (χ2v) is 11.3. The van der Waals surface area contributed by atoms with Crippen molar-refractivity contribution in [1.29, 1.82) is 0 Å². The zero-order valence-corrected chi connectivity index (χ0v) is 23.9. The van der Waals surface area contributed by atoms with E-state index in [4.69, 9.17) is 10.6 Å². The Balaban J connectivity index is 1.16. The molecule has 0 saturated carbocycles. The Labute approximate surface area is 251 Å². The van der Waals surface area contributed by atoms with Crippen molar-refractivity contribution in [3.05, 3.63) is 70.8 Å². The van der Waals surface area contributed by atoms with E-state index in [1.54, 1.807) is 24.3 Å². The summed E-state index contributed by atoms with van der Waals surface area (Å²) in [7, 11) is 0. The molecule has 3 N–H and O–H groups in total. The summed E-state index contributed by atoms with van der Waals surface area (Å²) in [4.78, 5) is 70.4. The molecular formula is C34H29N3O7. The summed E-state index contributed by atoms with van der Waals surface area (Å²) >= 11 is 0. The van der Waals surface area contributed by atoms with E-state index in [-0.39, 0.29) is 30.9 Å². The van der Waals surface area contributed by atoms with Crippen LogP contribution in [0.5, 0.6) is 0 Å². The van der Waals surface area contributed by atoms with Gasteiger partial charge in [-0.3, -0.25) is 34.2 Å². The molecule has 0 spiro atoms. The molecular weight excluding hydrogens is 562 g/mol. The van der Waals surface area contributed by atoms with E-state index in [1.807, 2.05) is 24.3 Å². The molecule has 10 heteroatoms. The molecule has 44 heavy (non-hydrogen) atoms. The average molecular weight is 592 g/mol. The van der Waals surface area contributed by atoms with Gasteiger partial charge >= 0.3 is 5.97 Å². The van der Waals surface area contributed by atoms with Crippen LogP contribution in [0.3, 0.4) is 0 Å². The van der Waals surface area contributed by atoms with E-state index >= 15 is 0 Å². The van der Waals surface area contributed by atoms with Gasteiger partial charge in [0.1, 0.15) is 0 Å². The van der Waals surface area contributed by atoms with Crippen LogP contribution in [0.15, 0.2) is 48.5 Å². The summed E-state index contributed by atoms with van der Waals surface area (Å²) in [6.45, 7) is 0.894. The highest BCUT2D eigenvalue weighted by atomic mass is 16.6. The number of esters is 1. The molecule has 2 aliphatic heterocycles. The van der Waals surface area contributed by atoms with Crippen LogP contribution in [0, 0.1) is 0 Å². The van der Waals surface area contributed by atoms with Gasteiger partial charge in [0.25, 0.3) is 23.6 Å². The number of amides is 4. The number of nitrogens with zero attached hydrogens (tertiary/aromatic N) is 1. The Kier molecular flexibility index (Phi) is 6.95. The second kappa shape index (κ2) is 11.0. The van der Waals surface area contributed by atoms with Gasteiger partial charge in [-0.15, -0.1) is 0 Å². The van der Waals surface area contributed by atoms with Crippen molar-refractivity contribution in [2.75, 3.05) is 19.8 Å². The fourth-order valence-electron chi connectivity index (χ4n) is 6.71. The van der Waals surface area contributed by atoms with Crippen LogP contribution in [0.25, 0.3) is 43.1 Å². The van der Waals surface area contributed by atoms with Gasteiger partial charge in [-0.2, -0.15) is 0 Å². The standard InChI is InChI=1S/C34H29N3O7/c35-44-17-4-1-2-6-26(38)43-16-5-3-15-37-33(41)24-13-9-20-18-7-11-22-29-23(32(40)36-31(22)39)12-8-19(27(18)29)21-10-14-25(34(37)42)30(24)28(20)21/h7-14H,1-6,15-17,35H2,(H,36,39,40). The van der Waals surface area contributed by atoms with Gasteiger partial charge < -0.3 is 9.57 Å². The smallest absolute Gasteiger partial charge is 0.305 e. The summed E-state index contributed by atoms with van der Waals surface area (Å²) in [6, 6.07) is 14.5. The quantitative estimate of drug-likeness (QED) is 0.0546. The molecule has 0 aromatic heterocycles. The van der Waals surface area contributed by atoms with Gasteiger partial charge in [-0.1, -0.05) is 30.7 Å². The van der Waals surface area contributed by atoms with Crippen molar-refractivity contribution >= 4 is 72.7 Å². The van der Waals surface area contributed by atoms with Crippen molar-refractivity contribution in [3.8, 4) is 0 Å². The Bertz CT molecular complexity index is 1930. The van der Waals surface area contributed by atoms with Crippen LogP contribution in [0.4, 0.5) is 0 Å². The topological polar surface area (TPSA) is 145 Å². The maximum atomic E-state index is 13.7. The first kappa shape index (κ1) is 27.9. The lowest BCUT2D eigenvalue weighted by Gasteiger charge is -2.29. The molecule has 0 saturated heterocycles. The molecule has 222 valence electrons. The van der Waals surface area contributed by atoms with Crippen molar-refractivity contribution in [2.24, 2.45) is 5.90 Å². The SMILES string of the molecule is NOCCCCCC(=O)OCCCCN1C(=O)c2ccc3c4ccc5c6c(ccc(c7ccc(c2c37)C1=O)c64)C(=O)NC5=O. The minimum Gasteiger partial charge on any atom is -0.466 e. The fraction of sp³-hybridized carbons (Fsp3) is 0.265. The number of fused-ring (bicyclic) bond motifs is 2. The van der Waals surface area contributed by atoms with Crippen LogP contribution in [0.2, 0.25) is 0 Å². The number of nitrogens with two attached hydrogens (primary N) is 1. The second-order valence-electron chi connectivity index (χ2n) is 11.3. The van der Waals surface area contributed by atoms with Gasteiger partial charge in [-0.05, 0) is 82.3 Å². The first-order chi connectivity index (χ1) is 21.4. The fourth-order valence-corrected chi connectivity index (χ4v) is 6.71. The highest BCUT2D eigenvalue weighted by Gasteiger charge is 2.34. The molecule has 0 unspecified atom stereocenters. The lowest BCUT2D eigenvalue weighted by atomic mass is 9.82. The largest absolute Gasteiger partial charge is 0.466 e. The Hall–Kier alpha value is -4.93. The predicted octanol–water partition coefficient (Wildman–Crippen LogP) is 4.99. The molecule has 0 radical (unpaired) electrons. The van der Waals surface area contributed by atoms with Crippen molar-refractivity contribution in [1.82, 2.24) is 10.2 Å². The number of unbranched alkanes of at least 4 members (excludes halogenated alkanes) is 3. The van der Waals surface area contributed by atoms with E-state index in [0.29, 0.717) is 65.3 Å². The van der Waals surface area contributed by atoms with Crippen LogP contribution in [0.1, 0.15) is 80.0 Å². The van der Waals surface area contributed by atoms with E-state index in [1.165, 1.54) is 4.90 Å². The number of nitrogens with one attached hydrogen (secondary N) is 1. The van der Waals surface area contributed by atoms with Crippen LogP contribution in [-0.4, -0.2) is 54.3 Å². The normalized spacial score (nSPS) is 14.4. The number of hydrogen-bond donors (Lipinski definition) is 2. The Morgan fingerprint density at radius 3 is 1.66 bits per heavy atom. The van der Waals surface area contributed by atoms with E-state index in [2.05, 4.69) is 10.2 Å². The minimum absolute atomic E-state index is 0.211. The molecule has 0 aliphatic carbocycles. The number of carbonyl (C=O) groups is 5. The summed E-state index contributed by atoms with van der Waals surface area (Å²) < 4.78 is 5.31. The lowest BCUT2D eigenvalue weighted by molar-refractivity contribution is -0.143. The van der Waals surface area contributed by atoms with E-state index in [0.717, 1.165) is 45.2 Å². The van der Waals surface area contributed by atoms with Gasteiger partial charge in [0.15, 0.2) is 0 Å². The summed E-state index contributed by atoms with van der Waals surface area (Å²) in [5.41, 5.74) is 1.79. The number of rotatable bonds is 11. The minimum atomic E-state index is -0.429. The number of ether oxygens (including phenoxy) is 1. The van der Waals surface area contributed by atoms with E-state index < -0.39 is 11.8 Å². The van der Waals surface area contributed by atoms with Crippen LogP contribution >= 0.6 is 0 Å². The number of hydrogen-bond acceptors (Lipinski definition) is 8. The van der Waals surface area contributed by atoms with Crippen LogP contribution in [-0.2, 0) is 14.4 Å². The monoisotopic (exact) mass is 591 g/mol. The molecule has 0 bridgehead atoms. The third kappa shape index (κ3) is 4.29. The molecule has 5 aromatic rings. The Morgan fingerprint density at radius 1 is 0.614 bits per heavy atom. The molecule has 2 heterocycles. The van der Waals surface area contributed by atoms with Crippen molar-refractivity contribution in [3.63, 3.8) is 0 Å². The average Bonchev–Trinajstić information content (AvgIpc) is 3.02. The summed E-state index contributed by atoms with van der Waals surface area (Å²) in [5, 5.41) is 8.66. The molecule has 5 aromatic carbocycles. The highest BCUT2D eigenvalue weighted by Crippen LogP contribution is 2.45. The first-order valence-corrected chi connectivity index (χ1v) is 14.8. The van der Waals surface area contributed by atoms with Crippen molar-refractivity contribution < 1.29 is 33.5 Å². The number of imide groups is 2.